The summed E-state index contributed by atoms with van der Waals surface area (Å²) in [4.78, 5) is 11.4. The Kier molecular flexibility index (Phi) is 13.6. The highest BCUT2D eigenvalue weighted by molar-refractivity contribution is 8.93. The number of halogens is 1. The summed E-state index contributed by atoms with van der Waals surface area (Å²) in [6.07, 6.45) is 6.90. The molecule has 0 aromatic rings. The first-order valence-electron chi connectivity index (χ1n) is 7.48. The van der Waals surface area contributed by atoms with Crippen LogP contribution in [0.1, 0.15) is 59.3 Å². The Balaban J connectivity index is 0. The van der Waals surface area contributed by atoms with Crippen LogP contribution in [0.5, 0.6) is 0 Å². The van der Waals surface area contributed by atoms with Gasteiger partial charge in [0.15, 0.2) is 0 Å². The van der Waals surface area contributed by atoms with Gasteiger partial charge in [-0.15, -0.1) is 17.0 Å². The van der Waals surface area contributed by atoms with E-state index in [0.29, 0.717) is 17.6 Å². The molecule has 0 rings (SSSR count). The maximum atomic E-state index is 11.4. The minimum atomic E-state index is -0.269. The lowest BCUT2D eigenvalue weighted by Gasteiger charge is -2.33. The van der Waals surface area contributed by atoms with E-state index in [-0.39, 0.29) is 23.0 Å². The second-order valence-electron chi connectivity index (χ2n) is 5.48. The van der Waals surface area contributed by atoms with Crippen LogP contribution >= 0.6 is 17.0 Å². The van der Waals surface area contributed by atoms with Gasteiger partial charge in [-0.1, -0.05) is 39.7 Å². The monoisotopic (exact) mass is 349 g/mol. The van der Waals surface area contributed by atoms with Gasteiger partial charge in [0, 0.05) is 5.57 Å². The van der Waals surface area contributed by atoms with Gasteiger partial charge in [0.2, 0.25) is 0 Å². The molecule has 0 aliphatic carbocycles. The Bertz CT molecular complexity index is 272. The van der Waals surface area contributed by atoms with Crippen LogP contribution in [0.3, 0.4) is 0 Å². The largest absolute Gasteiger partial charge is 0.462 e. The summed E-state index contributed by atoms with van der Waals surface area (Å²) in [7, 11) is 1.99. The van der Waals surface area contributed by atoms with E-state index < -0.39 is 0 Å². The minimum absolute atomic E-state index is 0. The molecule has 0 bridgehead atoms. The average Bonchev–Trinajstić information content (AvgIpc) is 2.41. The molecule has 1 unspecified atom stereocenters. The first kappa shape index (κ1) is 21.9. The van der Waals surface area contributed by atoms with E-state index in [2.05, 4.69) is 25.7 Å². The molecule has 0 heterocycles. The number of unbranched alkanes of at least 4 members (excludes halogenated alkanes) is 1. The standard InChI is InChI=1S/C16H31NO2.BrH/c1-6-8-9-16(7-2,10-12-17-5)11-13-19-15(18)14(3)4;/h17H,3,6-13H2,1-2,4-5H3;1H. The summed E-state index contributed by atoms with van der Waals surface area (Å²) < 4.78 is 5.26. The summed E-state index contributed by atoms with van der Waals surface area (Å²) in [5, 5.41) is 3.23. The van der Waals surface area contributed by atoms with Crippen LogP contribution in [0, 0.1) is 5.41 Å². The topological polar surface area (TPSA) is 38.3 Å². The quantitative estimate of drug-likeness (QED) is 0.447. The van der Waals surface area contributed by atoms with Gasteiger partial charge in [-0.05, 0) is 45.2 Å². The number of hydrogen-bond donors (Lipinski definition) is 1. The molecule has 0 spiro atoms. The molecule has 4 heteroatoms. The summed E-state index contributed by atoms with van der Waals surface area (Å²) >= 11 is 0. The van der Waals surface area contributed by atoms with Gasteiger partial charge >= 0.3 is 5.97 Å². The highest BCUT2D eigenvalue weighted by atomic mass is 79.9. The highest BCUT2D eigenvalue weighted by Crippen LogP contribution is 2.36. The average molecular weight is 350 g/mol. The number of rotatable bonds is 11. The van der Waals surface area contributed by atoms with Crippen molar-refractivity contribution in [2.45, 2.75) is 59.3 Å². The number of carbonyl (C=O) groups is 1. The number of carbonyl (C=O) groups excluding carboxylic acids is 1. The predicted molar refractivity (Wildman–Crippen MR) is 91.5 cm³/mol. The summed E-state index contributed by atoms with van der Waals surface area (Å²) in [5.74, 6) is -0.269. The molecular weight excluding hydrogens is 318 g/mol. The van der Waals surface area contributed by atoms with E-state index in [1.807, 2.05) is 7.05 Å². The van der Waals surface area contributed by atoms with Crippen LogP contribution in [0.25, 0.3) is 0 Å². The van der Waals surface area contributed by atoms with Crippen LogP contribution in [0.4, 0.5) is 0 Å². The Morgan fingerprint density at radius 1 is 1.25 bits per heavy atom. The lowest BCUT2D eigenvalue weighted by atomic mass is 9.75. The Labute approximate surface area is 135 Å². The van der Waals surface area contributed by atoms with E-state index in [1.165, 1.54) is 19.3 Å². The zero-order valence-electron chi connectivity index (χ0n) is 13.6. The fourth-order valence-corrected chi connectivity index (χ4v) is 2.33. The molecule has 0 aliphatic rings. The van der Waals surface area contributed by atoms with Gasteiger partial charge in [0.25, 0.3) is 0 Å². The van der Waals surface area contributed by atoms with Crippen molar-refractivity contribution in [2.24, 2.45) is 5.41 Å². The van der Waals surface area contributed by atoms with Gasteiger partial charge in [0.1, 0.15) is 0 Å². The lowest BCUT2D eigenvalue weighted by Crippen LogP contribution is -2.27. The van der Waals surface area contributed by atoms with Gasteiger partial charge in [-0.2, -0.15) is 0 Å². The smallest absolute Gasteiger partial charge is 0.333 e. The molecule has 0 saturated carbocycles. The molecule has 0 aromatic carbocycles. The van der Waals surface area contributed by atoms with Crippen molar-refractivity contribution < 1.29 is 9.53 Å². The third kappa shape index (κ3) is 8.75. The van der Waals surface area contributed by atoms with E-state index >= 15 is 0 Å². The Hall–Kier alpha value is -0.350. The molecule has 0 aliphatic heterocycles. The van der Waals surface area contributed by atoms with E-state index in [1.54, 1.807) is 6.92 Å². The summed E-state index contributed by atoms with van der Waals surface area (Å²) in [5.41, 5.74) is 0.778. The molecule has 0 amide bonds. The van der Waals surface area contributed by atoms with Gasteiger partial charge in [0.05, 0.1) is 6.61 Å². The molecule has 1 atom stereocenters. The molecular formula is C16H32BrNO2. The first-order chi connectivity index (χ1) is 9.01. The Morgan fingerprint density at radius 3 is 2.35 bits per heavy atom. The molecule has 0 radical (unpaired) electrons. The second kappa shape index (κ2) is 12.4. The molecule has 3 nitrogen and oxygen atoms in total. The fourth-order valence-electron chi connectivity index (χ4n) is 2.33. The van der Waals surface area contributed by atoms with E-state index in [0.717, 1.165) is 25.8 Å². The van der Waals surface area contributed by atoms with Crippen molar-refractivity contribution in [1.29, 1.82) is 0 Å². The fraction of sp³-hybridized carbons (Fsp3) is 0.812. The zero-order valence-corrected chi connectivity index (χ0v) is 15.3. The normalized spacial score (nSPS) is 13.2. The third-order valence-electron chi connectivity index (χ3n) is 3.93. The van der Waals surface area contributed by atoms with E-state index in [4.69, 9.17) is 4.74 Å². The first-order valence-corrected chi connectivity index (χ1v) is 7.48. The molecule has 0 fully saturated rings. The van der Waals surface area contributed by atoms with Crippen molar-refractivity contribution in [3.8, 4) is 0 Å². The number of hydrogen-bond acceptors (Lipinski definition) is 3. The number of ether oxygens (including phenoxy) is 1. The lowest BCUT2D eigenvalue weighted by molar-refractivity contribution is -0.139. The molecule has 0 aromatic heterocycles. The highest BCUT2D eigenvalue weighted by Gasteiger charge is 2.27. The van der Waals surface area contributed by atoms with Crippen LogP contribution in [0.15, 0.2) is 12.2 Å². The maximum Gasteiger partial charge on any atom is 0.333 e. The van der Waals surface area contributed by atoms with Crippen molar-refractivity contribution in [1.82, 2.24) is 5.32 Å². The zero-order chi connectivity index (χ0) is 14.7. The molecule has 120 valence electrons. The molecule has 1 N–H and O–H groups in total. The van der Waals surface area contributed by atoms with Crippen molar-refractivity contribution in [2.75, 3.05) is 20.2 Å². The number of nitrogens with one attached hydrogen (secondary N) is 1. The van der Waals surface area contributed by atoms with Gasteiger partial charge < -0.3 is 10.1 Å². The summed E-state index contributed by atoms with van der Waals surface area (Å²) in [6.45, 7) is 11.3. The van der Waals surface area contributed by atoms with Crippen molar-refractivity contribution >= 4 is 23.0 Å². The number of esters is 1. The second-order valence-corrected chi connectivity index (χ2v) is 5.48. The minimum Gasteiger partial charge on any atom is -0.462 e. The SMILES string of the molecule is Br.C=C(C)C(=O)OCCC(CC)(CCCC)CCNC. The van der Waals surface area contributed by atoms with Gasteiger partial charge in [-0.3, -0.25) is 0 Å². The van der Waals surface area contributed by atoms with Crippen LogP contribution in [-0.4, -0.2) is 26.2 Å². The van der Waals surface area contributed by atoms with Crippen LogP contribution in [0.2, 0.25) is 0 Å². The molecule has 20 heavy (non-hydrogen) atoms. The maximum absolute atomic E-state index is 11.4. The Morgan fingerprint density at radius 2 is 1.90 bits per heavy atom. The van der Waals surface area contributed by atoms with Gasteiger partial charge in [-0.25, -0.2) is 4.79 Å². The van der Waals surface area contributed by atoms with Crippen molar-refractivity contribution in [3.63, 3.8) is 0 Å². The predicted octanol–water partition coefficient (Wildman–Crippen LogP) is 4.27. The van der Waals surface area contributed by atoms with E-state index in [9.17, 15) is 4.79 Å². The molecule has 0 saturated heterocycles. The summed E-state index contributed by atoms with van der Waals surface area (Å²) in [6, 6.07) is 0. The van der Waals surface area contributed by atoms with Crippen LogP contribution in [-0.2, 0) is 9.53 Å². The van der Waals surface area contributed by atoms with Crippen LogP contribution < -0.4 is 5.32 Å². The van der Waals surface area contributed by atoms with Crippen molar-refractivity contribution in [3.05, 3.63) is 12.2 Å². The third-order valence-corrected chi connectivity index (χ3v) is 3.93.